The first-order valence-electron chi connectivity index (χ1n) is 6.36. The van der Waals surface area contributed by atoms with Gasteiger partial charge < -0.3 is 5.11 Å². The maximum absolute atomic E-state index is 11.4. The molecule has 1 atom stereocenters. The van der Waals surface area contributed by atoms with Gasteiger partial charge in [0.1, 0.15) is 0 Å². The molecule has 0 rings (SSSR count). The van der Waals surface area contributed by atoms with Crippen molar-refractivity contribution in [3.63, 3.8) is 0 Å². The quantitative estimate of drug-likeness (QED) is 0.583. The average molecular weight is 214 g/mol. The summed E-state index contributed by atoms with van der Waals surface area (Å²) in [6.07, 6.45) is 7.96. The Hall–Kier alpha value is -0.530. The van der Waals surface area contributed by atoms with Crippen molar-refractivity contribution in [2.45, 2.75) is 72.1 Å². The lowest BCUT2D eigenvalue weighted by Gasteiger charge is -2.28. The van der Waals surface area contributed by atoms with E-state index >= 15 is 0 Å². The lowest BCUT2D eigenvalue weighted by Crippen LogP contribution is -2.30. The highest BCUT2D eigenvalue weighted by Crippen LogP contribution is 2.35. The lowest BCUT2D eigenvalue weighted by molar-refractivity contribution is -0.150. The van der Waals surface area contributed by atoms with Crippen LogP contribution in [0.25, 0.3) is 0 Å². The Morgan fingerprint density at radius 2 is 1.53 bits per heavy atom. The van der Waals surface area contributed by atoms with Crippen molar-refractivity contribution in [1.82, 2.24) is 0 Å². The third-order valence-electron chi connectivity index (χ3n) is 3.40. The topological polar surface area (TPSA) is 37.3 Å². The monoisotopic (exact) mass is 214 g/mol. The second-order valence-corrected chi connectivity index (χ2v) is 4.50. The molecule has 0 aliphatic carbocycles. The predicted molar refractivity (Wildman–Crippen MR) is 64.0 cm³/mol. The van der Waals surface area contributed by atoms with Crippen LogP contribution >= 0.6 is 0 Å². The molecule has 15 heavy (non-hydrogen) atoms. The van der Waals surface area contributed by atoms with Crippen molar-refractivity contribution in [2.24, 2.45) is 5.41 Å². The number of rotatable bonds is 9. The number of aliphatic carboxylic acids is 1. The number of hydrogen-bond acceptors (Lipinski definition) is 1. The van der Waals surface area contributed by atoms with Gasteiger partial charge in [-0.3, -0.25) is 4.79 Å². The number of hydrogen-bond donors (Lipinski definition) is 1. The number of carbonyl (C=O) groups is 1. The zero-order chi connectivity index (χ0) is 11.7. The molecular weight excluding hydrogens is 188 g/mol. The fourth-order valence-corrected chi connectivity index (χ4v) is 2.07. The molecule has 2 heteroatoms. The molecule has 1 unspecified atom stereocenters. The molecule has 0 radical (unpaired) electrons. The summed E-state index contributed by atoms with van der Waals surface area (Å²) in [7, 11) is 0. The van der Waals surface area contributed by atoms with Crippen molar-refractivity contribution in [3.8, 4) is 0 Å². The van der Waals surface area contributed by atoms with Gasteiger partial charge in [0.15, 0.2) is 0 Å². The Kier molecular flexibility index (Phi) is 7.45. The molecule has 0 fully saturated rings. The molecule has 0 bridgehead atoms. The van der Waals surface area contributed by atoms with Gasteiger partial charge >= 0.3 is 5.97 Å². The van der Waals surface area contributed by atoms with Crippen LogP contribution in [0.4, 0.5) is 0 Å². The summed E-state index contributed by atoms with van der Waals surface area (Å²) >= 11 is 0. The molecule has 0 saturated heterocycles. The standard InChI is InChI=1S/C13H26O2/c1-4-7-9-11-13(6-3,12(14)15)10-8-5-2/h4-11H2,1-3H3,(H,14,15). The molecule has 1 N–H and O–H groups in total. The first-order valence-corrected chi connectivity index (χ1v) is 6.36. The molecular formula is C13H26O2. The van der Waals surface area contributed by atoms with Crippen LogP contribution in [-0.2, 0) is 4.79 Å². The summed E-state index contributed by atoms with van der Waals surface area (Å²) in [5.74, 6) is -0.588. The molecule has 0 spiro atoms. The third-order valence-corrected chi connectivity index (χ3v) is 3.40. The second-order valence-electron chi connectivity index (χ2n) is 4.50. The summed E-state index contributed by atoms with van der Waals surface area (Å²) in [6.45, 7) is 6.28. The first-order chi connectivity index (χ1) is 7.13. The summed E-state index contributed by atoms with van der Waals surface area (Å²) in [5, 5.41) is 9.35. The number of carboxylic acid groups (broad SMARTS) is 1. The van der Waals surface area contributed by atoms with Gasteiger partial charge in [-0.25, -0.2) is 0 Å². The van der Waals surface area contributed by atoms with Crippen LogP contribution in [0.5, 0.6) is 0 Å². The fraction of sp³-hybridized carbons (Fsp3) is 0.923. The van der Waals surface area contributed by atoms with Crippen LogP contribution in [0.2, 0.25) is 0 Å². The largest absolute Gasteiger partial charge is 0.481 e. The maximum atomic E-state index is 11.4. The van der Waals surface area contributed by atoms with Crippen LogP contribution in [0.1, 0.15) is 72.1 Å². The van der Waals surface area contributed by atoms with Crippen LogP contribution in [-0.4, -0.2) is 11.1 Å². The Bertz CT molecular complexity index is 177. The predicted octanol–water partition coefficient (Wildman–Crippen LogP) is 4.24. The zero-order valence-corrected chi connectivity index (χ0v) is 10.5. The van der Waals surface area contributed by atoms with Crippen LogP contribution in [0.15, 0.2) is 0 Å². The van der Waals surface area contributed by atoms with Crippen molar-refractivity contribution >= 4 is 5.97 Å². The third kappa shape index (κ3) is 4.67. The normalized spacial score (nSPS) is 14.9. The van der Waals surface area contributed by atoms with E-state index in [9.17, 15) is 9.90 Å². The first kappa shape index (κ1) is 14.5. The SMILES string of the molecule is CCCCCC(CC)(CCCC)C(=O)O. The van der Waals surface area contributed by atoms with E-state index in [1.54, 1.807) is 0 Å². The molecule has 0 aromatic rings. The minimum absolute atomic E-state index is 0.439. The number of unbranched alkanes of at least 4 members (excludes halogenated alkanes) is 3. The average Bonchev–Trinajstić information content (AvgIpc) is 2.23. The van der Waals surface area contributed by atoms with Gasteiger partial charge in [0.05, 0.1) is 5.41 Å². The lowest BCUT2D eigenvalue weighted by atomic mass is 9.76. The van der Waals surface area contributed by atoms with E-state index in [4.69, 9.17) is 0 Å². The highest BCUT2D eigenvalue weighted by atomic mass is 16.4. The van der Waals surface area contributed by atoms with Gasteiger partial charge in [-0.1, -0.05) is 52.9 Å². The van der Waals surface area contributed by atoms with E-state index in [1.807, 2.05) is 6.92 Å². The molecule has 0 heterocycles. The molecule has 0 aromatic heterocycles. The fourth-order valence-electron chi connectivity index (χ4n) is 2.07. The molecule has 90 valence electrons. The molecule has 0 aliphatic rings. The van der Waals surface area contributed by atoms with Crippen molar-refractivity contribution < 1.29 is 9.90 Å². The summed E-state index contributed by atoms with van der Waals surface area (Å²) < 4.78 is 0. The molecule has 0 aromatic carbocycles. The molecule has 2 nitrogen and oxygen atoms in total. The highest BCUT2D eigenvalue weighted by Gasteiger charge is 2.34. The number of carboxylic acids is 1. The molecule has 0 aliphatic heterocycles. The van der Waals surface area contributed by atoms with E-state index in [2.05, 4.69) is 13.8 Å². The Morgan fingerprint density at radius 3 is 1.93 bits per heavy atom. The Balaban J connectivity index is 4.30. The van der Waals surface area contributed by atoms with E-state index in [1.165, 1.54) is 0 Å². The van der Waals surface area contributed by atoms with E-state index < -0.39 is 11.4 Å². The van der Waals surface area contributed by atoms with E-state index in [0.29, 0.717) is 0 Å². The molecule has 0 amide bonds. The summed E-state index contributed by atoms with van der Waals surface area (Å²) in [4.78, 5) is 11.4. The Labute approximate surface area is 94.1 Å². The molecule has 0 saturated carbocycles. The van der Waals surface area contributed by atoms with Crippen molar-refractivity contribution in [2.75, 3.05) is 0 Å². The van der Waals surface area contributed by atoms with Gasteiger partial charge in [-0.15, -0.1) is 0 Å². The van der Waals surface area contributed by atoms with Gasteiger partial charge in [0.2, 0.25) is 0 Å². The van der Waals surface area contributed by atoms with Gasteiger partial charge in [0, 0.05) is 0 Å². The van der Waals surface area contributed by atoms with Crippen molar-refractivity contribution in [3.05, 3.63) is 0 Å². The van der Waals surface area contributed by atoms with Gasteiger partial charge in [0.25, 0.3) is 0 Å². The minimum atomic E-state index is -0.588. The van der Waals surface area contributed by atoms with Crippen LogP contribution in [0, 0.1) is 5.41 Å². The van der Waals surface area contributed by atoms with Gasteiger partial charge in [-0.2, -0.15) is 0 Å². The second kappa shape index (κ2) is 7.72. The zero-order valence-electron chi connectivity index (χ0n) is 10.5. The van der Waals surface area contributed by atoms with E-state index in [-0.39, 0.29) is 0 Å². The van der Waals surface area contributed by atoms with Crippen LogP contribution < -0.4 is 0 Å². The Morgan fingerprint density at radius 1 is 1.00 bits per heavy atom. The van der Waals surface area contributed by atoms with Crippen LogP contribution in [0.3, 0.4) is 0 Å². The maximum Gasteiger partial charge on any atom is 0.309 e. The minimum Gasteiger partial charge on any atom is -0.481 e. The smallest absolute Gasteiger partial charge is 0.309 e. The summed E-state index contributed by atoms with van der Waals surface area (Å²) in [6, 6.07) is 0. The summed E-state index contributed by atoms with van der Waals surface area (Å²) in [5.41, 5.74) is -0.439. The van der Waals surface area contributed by atoms with E-state index in [0.717, 1.165) is 51.4 Å². The van der Waals surface area contributed by atoms with Crippen molar-refractivity contribution in [1.29, 1.82) is 0 Å². The van der Waals surface area contributed by atoms with Gasteiger partial charge in [-0.05, 0) is 19.3 Å². The highest BCUT2D eigenvalue weighted by molar-refractivity contribution is 5.74.